The lowest BCUT2D eigenvalue weighted by molar-refractivity contribution is -0.393. The van der Waals surface area contributed by atoms with Crippen molar-refractivity contribution >= 4 is 23.0 Å². The van der Waals surface area contributed by atoms with Crippen molar-refractivity contribution in [2.24, 2.45) is 0 Å². The molecule has 0 saturated carbocycles. The third-order valence-corrected chi connectivity index (χ3v) is 2.90. The molecule has 0 spiro atoms. The number of benzene rings is 1. The quantitative estimate of drug-likeness (QED) is 0.428. The molecule has 0 atom stereocenters. The molecule has 0 aromatic heterocycles. The average molecular weight is 297 g/mol. The second-order valence-electron chi connectivity index (χ2n) is 4.09. The number of hydrogen-bond donors (Lipinski definition) is 0. The Kier molecular flexibility index (Phi) is 5.58. The number of esters is 1. The molecular weight excluding hydrogens is 282 g/mol. The van der Waals surface area contributed by atoms with Crippen molar-refractivity contribution in [3.05, 3.63) is 38.4 Å². The molecule has 1 rings (SSSR count). The van der Waals surface area contributed by atoms with Gasteiger partial charge in [0.1, 0.15) is 5.69 Å². The molecule has 0 aliphatic heterocycles. The Labute approximate surface area is 120 Å². The number of carbonyl (C=O) groups excluding carboxylic acids is 1. The number of rotatable bonds is 7. The molecule has 114 valence electrons. The predicted molar refractivity (Wildman–Crippen MR) is 74.3 cm³/mol. The Morgan fingerprint density at radius 1 is 1.29 bits per heavy atom. The molecule has 0 aliphatic carbocycles. The van der Waals surface area contributed by atoms with Crippen molar-refractivity contribution in [3.63, 3.8) is 0 Å². The van der Waals surface area contributed by atoms with Gasteiger partial charge in [-0.1, -0.05) is 0 Å². The highest BCUT2D eigenvalue weighted by molar-refractivity contribution is 5.71. The van der Waals surface area contributed by atoms with Gasteiger partial charge in [0.25, 0.3) is 11.4 Å². The fraction of sp³-hybridized carbons (Fsp3) is 0.417. The molecule has 0 fully saturated rings. The van der Waals surface area contributed by atoms with E-state index in [1.807, 2.05) is 0 Å². The lowest BCUT2D eigenvalue weighted by atomic mass is 10.2. The van der Waals surface area contributed by atoms with Crippen LogP contribution in [0.25, 0.3) is 0 Å². The van der Waals surface area contributed by atoms with Crippen molar-refractivity contribution < 1.29 is 19.4 Å². The van der Waals surface area contributed by atoms with Crippen molar-refractivity contribution in [2.45, 2.75) is 13.3 Å². The Balaban J connectivity index is 3.10. The van der Waals surface area contributed by atoms with Crippen LogP contribution in [0.5, 0.6) is 0 Å². The van der Waals surface area contributed by atoms with E-state index in [1.54, 1.807) is 11.8 Å². The zero-order valence-corrected chi connectivity index (χ0v) is 11.6. The summed E-state index contributed by atoms with van der Waals surface area (Å²) < 4.78 is 4.52. The molecule has 0 radical (unpaired) electrons. The van der Waals surface area contributed by atoms with Gasteiger partial charge in [-0.25, -0.2) is 0 Å². The van der Waals surface area contributed by atoms with Crippen LogP contribution < -0.4 is 4.90 Å². The van der Waals surface area contributed by atoms with E-state index in [0.29, 0.717) is 6.54 Å². The summed E-state index contributed by atoms with van der Waals surface area (Å²) in [7, 11) is 1.26. The Morgan fingerprint density at radius 3 is 2.43 bits per heavy atom. The zero-order chi connectivity index (χ0) is 16.0. The highest BCUT2D eigenvalue weighted by Gasteiger charge is 2.23. The Morgan fingerprint density at radius 2 is 1.95 bits per heavy atom. The maximum Gasteiger partial charge on any atom is 0.307 e. The maximum atomic E-state index is 11.2. The van der Waals surface area contributed by atoms with Crippen LogP contribution in [0.1, 0.15) is 13.3 Å². The van der Waals surface area contributed by atoms with Crippen LogP contribution in [0, 0.1) is 20.2 Å². The molecule has 0 amide bonds. The number of nitro benzene ring substituents is 2. The molecule has 0 N–H and O–H groups in total. The molecule has 9 nitrogen and oxygen atoms in total. The molecule has 0 saturated heterocycles. The minimum atomic E-state index is -0.693. The third kappa shape index (κ3) is 4.13. The molecule has 9 heteroatoms. The van der Waals surface area contributed by atoms with Crippen LogP contribution in [-0.4, -0.2) is 36.0 Å². The topological polar surface area (TPSA) is 116 Å². The largest absolute Gasteiger partial charge is 0.469 e. The number of ether oxygens (including phenoxy) is 1. The average Bonchev–Trinajstić information content (AvgIpc) is 2.47. The van der Waals surface area contributed by atoms with E-state index in [9.17, 15) is 25.0 Å². The van der Waals surface area contributed by atoms with Crippen LogP contribution in [-0.2, 0) is 9.53 Å². The first kappa shape index (κ1) is 16.3. The van der Waals surface area contributed by atoms with Crippen molar-refractivity contribution in [1.29, 1.82) is 0 Å². The van der Waals surface area contributed by atoms with Gasteiger partial charge in [-0.3, -0.25) is 25.0 Å². The molecular formula is C12H15N3O6. The number of anilines is 1. The van der Waals surface area contributed by atoms with E-state index >= 15 is 0 Å². The first-order valence-corrected chi connectivity index (χ1v) is 6.15. The van der Waals surface area contributed by atoms with Crippen LogP contribution in [0.4, 0.5) is 17.1 Å². The lowest BCUT2D eigenvalue weighted by Crippen LogP contribution is -2.26. The fourth-order valence-corrected chi connectivity index (χ4v) is 1.82. The predicted octanol–water partition coefficient (Wildman–Crippen LogP) is 1.89. The van der Waals surface area contributed by atoms with E-state index in [-0.39, 0.29) is 30.0 Å². The van der Waals surface area contributed by atoms with Gasteiger partial charge in [0.15, 0.2) is 0 Å². The smallest absolute Gasteiger partial charge is 0.307 e. The number of methoxy groups -OCH3 is 1. The Hall–Kier alpha value is -2.71. The van der Waals surface area contributed by atoms with Gasteiger partial charge in [0, 0.05) is 19.2 Å². The Bertz CT molecular complexity index is 560. The maximum absolute atomic E-state index is 11.2. The molecule has 0 aliphatic rings. The summed E-state index contributed by atoms with van der Waals surface area (Å²) in [4.78, 5) is 33.1. The van der Waals surface area contributed by atoms with Crippen LogP contribution in [0.3, 0.4) is 0 Å². The summed E-state index contributed by atoms with van der Waals surface area (Å²) in [5.41, 5.74) is -0.484. The van der Waals surface area contributed by atoms with Gasteiger partial charge >= 0.3 is 5.97 Å². The summed E-state index contributed by atoms with van der Waals surface area (Å²) in [6.45, 7) is 2.40. The molecule has 1 aromatic rings. The molecule has 1 aromatic carbocycles. The monoisotopic (exact) mass is 297 g/mol. The number of nitro groups is 2. The van der Waals surface area contributed by atoms with Gasteiger partial charge in [-0.05, 0) is 13.0 Å². The van der Waals surface area contributed by atoms with Gasteiger partial charge in [0.05, 0.1) is 29.4 Å². The van der Waals surface area contributed by atoms with Gasteiger partial charge in [0.2, 0.25) is 0 Å². The second-order valence-corrected chi connectivity index (χ2v) is 4.09. The van der Waals surface area contributed by atoms with Crippen molar-refractivity contribution in [1.82, 2.24) is 0 Å². The number of hydrogen-bond acceptors (Lipinski definition) is 7. The standard InChI is InChI=1S/C12H15N3O6/c1-3-13(7-6-12(16)21-2)10-5-4-9(14(17)18)8-11(10)15(19)20/h4-5,8H,3,6-7H2,1-2H3. The highest BCUT2D eigenvalue weighted by atomic mass is 16.6. The van der Waals surface area contributed by atoms with Gasteiger partial charge < -0.3 is 9.64 Å². The fourth-order valence-electron chi connectivity index (χ4n) is 1.82. The van der Waals surface area contributed by atoms with E-state index < -0.39 is 15.8 Å². The summed E-state index contributed by atoms with van der Waals surface area (Å²) in [6, 6.07) is 3.43. The van der Waals surface area contributed by atoms with E-state index in [2.05, 4.69) is 4.74 Å². The van der Waals surface area contributed by atoms with Crippen LogP contribution in [0.15, 0.2) is 18.2 Å². The van der Waals surface area contributed by atoms with Crippen LogP contribution in [0.2, 0.25) is 0 Å². The zero-order valence-electron chi connectivity index (χ0n) is 11.6. The molecule has 0 bridgehead atoms. The SMILES string of the molecule is CCN(CCC(=O)OC)c1ccc([N+](=O)[O-])cc1[N+](=O)[O-]. The first-order chi connectivity index (χ1) is 9.90. The highest BCUT2D eigenvalue weighted by Crippen LogP contribution is 2.32. The first-order valence-electron chi connectivity index (χ1n) is 6.15. The minimum Gasteiger partial charge on any atom is -0.469 e. The number of nitrogens with zero attached hydrogens (tertiary/aromatic N) is 3. The van der Waals surface area contributed by atoms with Crippen LogP contribution >= 0.6 is 0 Å². The van der Waals surface area contributed by atoms with Gasteiger partial charge in [-0.15, -0.1) is 0 Å². The second kappa shape index (κ2) is 7.17. The lowest BCUT2D eigenvalue weighted by Gasteiger charge is -2.22. The third-order valence-electron chi connectivity index (χ3n) is 2.90. The van der Waals surface area contributed by atoms with E-state index in [1.165, 1.54) is 19.2 Å². The van der Waals surface area contributed by atoms with E-state index in [4.69, 9.17) is 0 Å². The van der Waals surface area contributed by atoms with Crippen molar-refractivity contribution in [3.8, 4) is 0 Å². The van der Waals surface area contributed by atoms with Crippen molar-refractivity contribution in [2.75, 3.05) is 25.1 Å². The summed E-state index contributed by atoms with van der Waals surface area (Å²) >= 11 is 0. The molecule has 0 heterocycles. The normalized spacial score (nSPS) is 10.0. The van der Waals surface area contributed by atoms with Gasteiger partial charge in [-0.2, -0.15) is 0 Å². The van der Waals surface area contributed by atoms with E-state index in [0.717, 1.165) is 6.07 Å². The minimum absolute atomic E-state index is 0.0679. The number of non-ortho nitro benzene ring substituents is 1. The summed E-state index contributed by atoms with van der Waals surface area (Å²) in [5, 5.41) is 21.8. The summed E-state index contributed by atoms with van der Waals surface area (Å²) in [5.74, 6) is -0.432. The summed E-state index contributed by atoms with van der Waals surface area (Å²) in [6.07, 6.45) is 0.0679. The molecule has 0 unspecified atom stereocenters. The number of carbonyl (C=O) groups is 1. The molecule has 21 heavy (non-hydrogen) atoms.